The molecule has 4 heteroatoms. The Hall–Kier alpha value is -3.40. The average molecular weight is 372 g/mol. The Balaban J connectivity index is 1.60. The molecule has 3 rings (SSSR count). The molecule has 0 aliphatic rings. The zero-order valence-corrected chi connectivity index (χ0v) is 15.8. The van der Waals surface area contributed by atoms with Crippen molar-refractivity contribution in [1.29, 1.82) is 0 Å². The van der Waals surface area contributed by atoms with Gasteiger partial charge in [-0.05, 0) is 23.3 Å². The lowest BCUT2D eigenvalue weighted by Crippen LogP contribution is -2.34. The molecule has 0 fully saturated rings. The second-order valence-electron chi connectivity index (χ2n) is 6.59. The van der Waals surface area contributed by atoms with Crippen LogP contribution >= 0.6 is 0 Å². The van der Waals surface area contributed by atoms with Gasteiger partial charge in [0.05, 0.1) is 0 Å². The summed E-state index contributed by atoms with van der Waals surface area (Å²) in [6, 6.07) is 28.9. The number of benzene rings is 3. The third-order valence-electron chi connectivity index (χ3n) is 4.45. The molecule has 3 aromatic carbocycles. The minimum Gasteiger partial charge on any atom is -0.352 e. The summed E-state index contributed by atoms with van der Waals surface area (Å²) in [6.07, 6.45) is 0.262. The lowest BCUT2D eigenvalue weighted by Gasteiger charge is -2.23. The summed E-state index contributed by atoms with van der Waals surface area (Å²) in [7, 11) is 0. The number of carbonyl (C=O) groups is 2. The number of nitrogens with one attached hydrogen (secondary N) is 1. The fourth-order valence-corrected chi connectivity index (χ4v) is 2.97. The van der Waals surface area contributed by atoms with Gasteiger partial charge in [-0.1, -0.05) is 78.9 Å². The first-order chi connectivity index (χ1) is 13.7. The smallest absolute Gasteiger partial charge is 0.251 e. The van der Waals surface area contributed by atoms with Gasteiger partial charge >= 0.3 is 0 Å². The summed E-state index contributed by atoms with van der Waals surface area (Å²) in [6.45, 7) is 1.40. The molecule has 0 spiro atoms. The maximum Gasteiger partial charge on any atom is 0.251 e. The van der Waals surface area contributed by atoms with Gasteiger partial charge < -0.3 is 10.2 Å². The predicted octanol–water partition coefficient (Wildman–Crippen LogP) is 4.04. The Morgan fingerprint density at radius 3 is 1.64 bits per heavy atom. The number of carbonyl (C=O) groups excluding carboxylic acids is 2. The molecule has 0 aliphatic carbocycles. The van der Waals surface area contributed by atoms with E-state index in [0.29, 0.717) is 25.2 Å². The number of amides is 2. The normalized spacial score (nSPS) is 10.3. The van der Waals surface area contributed by atoms with Crippen molar-refractivity contribution in [2.24, 2.45) is 0 Å². The first-order valence-electron chi connectivity index (χ1n) is 9.41. The highest BCUT2D eigenvalue weighted by atomic mass is 16.2. The van der Waals surface area contributed by atoms with Crippen molar-refractivity contribution in [2.45, 2.75) is 19.5 Å². The van der Waals surface area contributed by atoms with E-state index in [1.807, 2.05) is 83.8 Å². The van der Waals surface area contributed by atoms with Crippen molar-refractivity contribution in [3.8, 4) is 0 Å². The molecular weight excluding hydrogens is 348 g/mol. The molecule has 0 heterocycles. The molecule has 2 amide bonds. The summed E-state index contributed by atoms with van der Waals surface area (Å²) in [4.78, 5) is 26.8. The molecule has 0 saturated heterocycles. The summed E-state index contributed by atoms with van der Waals surface area (Å²) >= 11 is 0. The fraction of sp³-hybridized carbons (Fsp3) is 0.167. The second kappa shape index (κ2) is 10.1. The van der Waals surface area contributed by atoms with Gasteiger partial charge in [-0.25, -0.2) is 0 Å². The van der Waals surface area contributed by atoms with Crippen LogP contribution in [0.5, 0.6) is 0 Å². The van der Waals surface area contributed by atoms with E-state index in [1.165, 1.54) is 0 Å². The summed E-state index contributed by atoms with van der Waals surface area (Å²) < 4.78 is 0. The molecule has 0 unspecified atom stereocenters. The Bertz CT molecular complexity index is 839. The first-order valence-corrected chi connectivity index (χ1v) is 9.41. The van der Waals surface area contributed by atoms with E-state index in [-0.39, 0.29) is 18.2 Å². The first kappa shape index (κ1) is 19.4. The van der Waals surface area contributed by atoms with Gasteiger partial charge in [-0.15, -0.1) is 0 Å². The van der Waals surface area contributed by atoms with Crippen LogP contribution in [-0.2, 0) is 17.9 Å². The lowest BCUT2D eigenvalue weighted by atomic mass is 10.1. The SMILES string of the molecule is O=C(NCCC(=O)N(Cc1ccccc1)Cc1ccccc1)c1ccccc1. The van der Waals surface area contributed by atoms with Gasteiger partial charge in [0.2, 0.25) is 5.91 Å². The monoisotopic (exact) mass is 372 g/mol. The van der Waals surface area contributed by atoms with Gasteiger partial charge in [-0.3, -0.25) is 9.59 Å². The minimum absolute atomic E-state index is 0.0149. The summed E-state index contributed by atoms with van der Waals surface area (Å²) in [5, 5.41) is 2.83. The van der Waals surface area contributed by atoms with E-state index in [0.717, 1.165) is 11.1 Å². The van der Waals surface area contributed by atoms with E-state index in [1.54, 1.807) is 12.1 Å². The number of hydrogen-bond acceptors (Lipinski definition) is 2. The summed E-state index contributed by atoms with van der Waals surface area (Å²) in [5.41, 5.74) is 2.76. The van der Waals surface area contributed by atoms with Crippen LogP contribution in [0.1, 0.15) is 27.9 Å². The fourth-order valence-electron chi connectivity index (χ4n) is 2.97. The van der Waals surface area contributed by atoms with Gasteiger partial charge in [0.1, 0.15) is 0 Å². The highest BCUT2D eigenvalue weighted by Gasteiger charge is 2.15. The second-order valence-corrected chi connectivity index (χ2v) is 6.59. The molecule has 0 radical (unpaired) electrons. The van der Waals surface area contributed by atoms with Crippen LogP contribution in [0.25, 0.3) is 0 Å². The van der Waals surface area contributed by atoms with Crippen molar-refractivity contribution in [3.63, 3.8) is 0 Å². The minimum atomic E-state index is -0.161. The maximum atomic E-state index is 12.8. The van der Waals surface area contributed by atoms with Gasteiger partial charge in [0, 0.05) is 31.6 Å². The highest BCUT2D eigenvalue weighted by Crippen LogP contribution is 2.11. The highest BCUT2D eigenvalue weighted by molar-refractivity contribution is 5.94. The Morgan fingerprint density at radius 2 is 1.14 bits per heavy atom. The van der Waals surface area contributed by atoms with Crippen LogP contribution in [-0.4, -0.2) is 23.3 Å². The zero-order valence-electron chi connectivity index (χ0n) is 15.8. The number of hydrogen-bond donors (Lipinski definition) is 1. The van der Waals surface area contributed by atoms with Crippen molar-refractivity contribution in [1.82, 2.24) is 10.2 Å². The van der Waals surface area contributed by atoms with Crippen LogP contribution in [0, 0.1) is 0 Å². The van der Waals surface area contributed by atoms with Crippen LogP contribution in [0.2, 0.25) is 0 Å². The van der Waals surface area contributed by atoms with Crippen molar-refractivity contribution in [2.75, 3.05) is 6.54 Å². The Morgan fingerprint density at radius 1 is 0.679 bits per heavy atom. The molecule has 0 atom stereocenters. The van der Waals surface area contributed by atoms with Crippen LogP contribution in [0.4, 0.5) is 0 Å². The maximum absolute atomic E-state index is 12.8. The Kier molecular flexibility index (Phi) is 6.96. The lowest BCUT2D eigenvalue weighted by molar-refractivity contribution is -0.132. The zero-order chi connectivity index (χ0) is 19.6. The molecule has 0 aromatic heterocycles. The largest absolute Gasteiger partial charge is 0.352 e. The summed E-state index contributed by atoms with van der Waals surface area (Å²) in [5.74, 6) is -0.146. The third-order valence-corrected chi connectivity index (χ3v) is 4.45. The quantitative estimate of drug-likeness (QED) is 0.649. The van der Waals surface area contributed by atoms with Gasteiger partial charge in [-0.2, -0.15) is 0 Å². The number of rotatable bonds is 8. The topological polar surface area (TPSA) is 49.4 Å². The molecule has 0 saturated carbocycles. The van der Waals surface area contributed by atoms with Crippen molar-refractivity contribution < 1.29 is 9.59 Å². The molecule has 0 bridgehead atoms. The van der Waals surface area contributed by atoms with E-state index >= 15 is 0 Å². The predicted molar refractivity (Wildman–Crippen MR) is 111 cm³/mol. The number of nitrogens with zero attached hydrogens (tertiary/aromatic N) is 1. The van der Waals surface area contributed by atoms with E-state index in [9.17, 15) is 9.59 Å². The third kappa shape index (κ3) is 5.81. The van der Waals surface area contributed by atoms with E-state index in [2.05, 4.69) is 5.32 Å². The van der Waals surface area contributed by atoms with Crippen LogP contribution < -0.4 is 5.32 Å². The molecule has 3 aromatic rings. The molecular formula is C24H24N2O2. The standard InChI is InChI=1S/C24H24N2O2/c27-23(16-17-25-24(28)22-14-8-3-9-15-22)26(18-20-10-4-1-5-11-20)19-21-12-6-2-7-13-21/h1-15H,16-19H2,(H,25,28). The van der Waals surface area contributed by atoms with Gasteiger partial charge in [0.15, 0.2) is 0 Å². The molecule has 28 heavy (non-hydrogen) atoms. The molecule has 142 valence electrons. The van der Waals surface area contributed by atoms with Crippen molar-refractivity contribution >= 4 is 11.8 Å². The molecule has 0 aliphatic heterocycles. The van der Waals surface area contributed by atoms with E-state index in [4.69, 9.17) is 0 Å². The Labute approximate surface area is 165 Å². The van der Waals surface area contributed by atoms with Crippen molar-refractivity contribution in [3.05, 3.63) is 108 Å². The van der Waals surface area contributed by atoms with E-state index < -0.39 is 0 Å². The van der Waals surface area contributed by atoms with Gasteiger partial charge in [0.25, 0.3) is 5.91 Å². The molecule has 4 nitrogen and oxygen atoms in total. The molecule has 1 N–H and O–H groups in total. The van der Waals surface area contributed by atoms with Crippen LogP contribution in [0.3, 0.4) is 0 Å². The average Bonchev–Trinajstić information content (AvgIpc) is 2.75. The van der Waals surface area contributed by atoms with Crippen LogP contribution in [0.15, 0.2) is 91.0 Å².